The van der Waals surface area contributed by atoms with Gasteiger partial charge < -0.3 is 10.1 Å². The molecule has 2 N–H and O–H groups in total. The van der Waals surface area contributed by atoms with Crippen LogP contribution in [0.2, 0.25) is 0 Å². The number of rotatable bonds is 3. The lowest BCUT2D eigenvalue weighted by molar-refractivity contribution is 0.0690. The molecule has 0 aliphatic carbocycles. The fourth-order valence-corrected chi connectivity index (χ4v) is 5.26. The van der Waals surface area contributed by atoms with Gasteiger partial charge in [-0.15, -0.1) is 0 Å². The maximum atomic E-state index is 12.9. The molecule has 7 heteroatoms. The van der Waals surface area contributed by atoms with E-state index >= 15 is 0 Å². The molecule has 0 amide bonds. The van der Waals surface area contributed by atoms with Gasteiger partial charge in [0.05, 0.1) is 0 Å². The van der Waals surface area contributed by atoms with E-state index in [0.717, 1.165) is 12.8 Å². The lowest BCUT2D eigenvalue weighted by atomic mass is 9.95. The Kier molecular flexibility index (Phi) is 4.17. The van der Waals surface area contributed by atoms with Gasteiger partial charge in [0.25, 0.3) is 0 Å². The van der Waals surface area contributed by atoms with E-state index in [9.17, 15) is 13.2 Å². The molecule has 0 saturated carbocycles. The number of carboxylic acid groups (broad SMARTS) is 1. The predicted molar refractivity (Wildman–Crippen MR) is 79.0 cm³/mol. The molecule has 2 heterocycles. The Morgan fingerprint density at radius 3 is 2.43 bits per heavy atom. The van der Waals surface area contributed by atoms with Gasteiger partial charge in [0, 0.05) is 23.8 Å². The van der Waals surface area contributed by atoms with Crippen LogP contribution in [-0.4, -0.2) is 41.4 Å². The van der Waals surface area contributed by atoms with Crippen LogP contribution in [0.3, 0.4) is 0 Å². The molecule has 6 nitrogen and oxygen atoms in total. The number of hydrogen-bond donors (Lipinski definition) is 2. The molecule has 0 spiro atoms. The van der Waals surface area contributed by atoms with Crippen LogP contribution in [0.4, 0.5) is 0 Å². The average molecular weight is 314 g/mol. The number of nitrogens with zero attached hydrogens (tertiary/aromatic N) is 1. The fourth-order valence-electron chi connectivity index (χ4n) is 3.19. The van der Waals surface area contributed by atoms with Crippen LogP contribution in [0.15, 0.2) is 4.90 Å². The summed E-state index contributed by atoms with van der Waals surface area (Å²) in [4.78, 5) is 13.9. The largest absolute Gasteiger partial charge is 0.477 e. The molecule has 2 rings (SSSR count). The van der Waals surface area contributed by atoms with E-state index in [4.69, 9.17) is 5.11 Å². The Morgan fingerprint density at radius 2 is 1.95 bits per heavy atom. The Hall–Kier alpha value is -1.34. The predicted octanol–water partition coefficient (Wildman–Crippen LogP) is 2.14. The second-order valence-electron chi connectivity index (χ2n) is 5.98. The van der Waals surface area contributed by atoms with Gasteiger partial charge in [-0.1, -0.05) is 6.92 Å². The van der Waals surface area contributed by atoms with E-state index < -0.39 is 16.0 Å². The smallest absolute Gasteiger partial charge is 0.352 e. The summed E-state index contributed by atoms with van der Waals surface area (Å²) in [6.07, 6.45) is 1.66. The first-order valence-corrected chi connectivity index (χ1v) is 8.54. The van der Waals surface area contributed by atoms with E-state index in [1.807, 2.05) is 6.92 Å². The minimum absolute atomic E-state index is 0.0518. The first kappa shape index (κ1) is 16.0. The molecule has 118 valence electrons. The molecular weight excluding hydrogens is 292 g/mol. The molecule has 21 heavy (non-hydrogen) atoms. The van der Waals surface area contributed by atoms with Crippen molar-refractivity contribution >= 4 is 16.0 Å². The Bertz CT molecular complexity index is 663. The highest BCUT2D eigenvalue weighted by Crippen LogP contribution is 2.32. The first-order chi connectivity index (χ1) is 9.66. The van der Waals surface area contributed by atoms with Crippen molar-refractivity contribution in [2.24, 2.45) is 5.92 Å². The second-order valence-corrected chi connectivity index (χ2v) is 7.81. The summed E-state index contributed by atoms with van der Waals surface area (Å²) in [5.41, 5.74) is 0.616. The summed E-state index contributed by atoms with van der Waals surface area (Å²) in [6.45, 7) is 7.65. The van der Waals surface area contributed by atoms with Crippen molar-refractivity contribution in [1.82, 2.24) is 9.29 Å². The first-order valence-electron chi connectivity index (χ1n) is 7.10. The number of aryl methyl sites for hydroxylation is 1. The molecule has 1 fully saturated rings. The van der Waals surface area contributed by atoms with Crippen LogP contribution in [0.25, 0.3) is 0 Å². The molecule has 1 aromatic rings. The lowest BCUT2D eigenvalue weighted by Gasteiger charge is -2.35. The van der Waals surface area contributed by atoms with Gasteiger partial charge in [0.15, 0.2) is 0 Å². The number of sulfonamides is 1. The Morgan fingerprint density at radius 1 is 1.33 bits per heavy atom. The van der Waals surface area contributed by atoms with E-state index in [1.54, 1.807) is 6.92 Å². The standard InChI is InChI=1S/C14H22N2O4S/c1-8-5-6-16(9(2)7-8)21(19,20)13-10(3)12(14(17)18)15-11(13)4/h8-9,15H,5-7H2,1-4H3,(H,17,18). The summed E-state index contributed by atoms with van der Waals surface area (Å²) in [5.74, 6) is -0.633. The van der Waals surface area contributed by atoms with Crippen molar-refractivity contribution < 1.29 is 18.3 Å². The number of aromatic amines is 1. The van der Waals surface area contributed by atoms with Crippen LogP contribution in [-0.2, 0) is 10.0 Å². The molecule has 1 saturated heterocycles. The average Bonchev–Trinajstić information content (AvgIpc) is 2.64. The summed E-state index contributed by atoms with van der Waals surface area (Å²) in [7, 11) is -3.67. The van der Waals surface area contributed by atoms with Crippen LogP contribution in [0.5, 0.6) is 0 Å². The number of nitrogens with one attached hydrogen (secondary N) is 1. The van der Waals surface area contributed by atoms with Gasteiger partial charge in [0.2, 0.25) is 10.0 Å². The van der Waals surface area contributed by atoms with Gasteiger partial charge in [-0.25, -0.2) is 13.2 Å². The summed E-state index contributed by atoms with van der Waals surface area (Å²) < 4.78 is 27.3. The number of aromatic nitrogens is 1. The van der Waals surface area contributed by atoms with Crippen molar-refractivity contribution in [3.8, 4) is 0 Å². The Labute approximate surface area is 125 Å². The third kappa shape index (κ3) is 2.72. The topological polar surface area (TPSA) is 90.5 Å². The minimum atomic E-state index is -3.67. The van der Waals surface area contributed by atoms with Gasteiger partial charge in [-0.05, 0) is 39.5 Å². The van der Waals surface area contributed by atoms with E-state index in [2.05, 4.69) is 11.9 Å². The molecule has 0 radical (unpaired) electrons. The molecule has 0 bridgehead atoms. The van der Waals surface area contributed by atoms with Crippen molar-refractivity contribution in [2.45, 2.75) is 51.5 Å². The fraction of sp³-hybridized carbons (Fsp3) is 0.643. The molecular formula is C14H22N2O4S. The van der Waals surface area contributed by atoms with E-state index in [0.29, 0.717) is 18.2 Å². The maximum Gasteiger partial charge on any atom is 0.352 e. The Balaban J connectivity index is 2.48. The SMILES string of the molecule is Cc1[nH]c(C(=O)O)c(C)c1S(=O)(=O)N1CCC(C)CC1C. The van der Waals surface area contributed by atoms with E-state index in [1.165, 1.54) is 11.2 Å². The monoisotopic (exact) mass is 314 g/mol. The third-order valence-corrected chi connectivity index (χ3v) is 6.51. The zero-order valence-corrected chi connectivity index (χ0v) is 13.6. The molecule has 1 aliphatic rings. The summed E-state index contributed by atoms with van der Waals surface area (Å²) >= 11 is 0. The van der Waals surface area contributed by atoms with Gasteiger partial charge in [0.1, 0.15) is 10.6 Å². The molecule has 0 aromatic carbocycles. The summed E-state index contributed by atoms with van der Waals surface area (Å²) in [5, 5.41) is 9.13. The van der Waals surface area contributed by atoms with Gasteiger partial charge in [-0.2, -0.15) is 4.31 Å². The number of piperidine rings is 1. The van der Waals surface area contributed by atoms with Crippen molar-refractivity contribution in [3.05, 3.63) is 17.0 Å². The number of carboxylic acids is 1. The number of aromatic carboxylic acids is 1. The highest BCUT2D eigenvalue weighted by Gasteiger charge is 2.36. The third-order valence-electron chi connectivity index (χ3n) is 4.23. The molecule has 2 atom stereocenters. The highest BCUT2D eigenvalue weighted by molar-refractivity contribution is 7.89. The maximum absolute atomic E-state index is 12.9. The molecule has 1 aromatic heterocycles. The molecule has 2 unspecified atom stereocenters. The highest BCUT2D eigenvalue weighted by atomic mass is 32.2. The van der Waals surface area contributed by atoms with Crippen LogP contribution in [0, 0.1) is 19.8 Å². The van der Waals surface area contributed by atoms with Crippen LogP contribution >= 0.6 is 0 Å². The zero-order chi connectivity index (χ0) is 15.9. The van der Waals surface area contributed by atoms with Gasteiger partial charge in [-0.3, -0.25) is 0 Å². The zero-order valence-electron chi connectivity index (χ0n) is 12.8. The number of hydrogen-bond acceptors (Lipinski definition) is 3. The lowest BCUT2D eigenvalue weighted by Crippen LogP contribution is -2.44. The van der Waals surface area contributed by atoms with E-state index in [-0.39, 0.29) is 22.2 Å². The normalized spacial score (nSPS) is 24.2. The van der Waals surface area contributed by atoms with Gasteiger partial charge >= 0.3 is 5.97 Å². The number of carbonyl (C=O) groups is 1. The second kappa shape index (κ2) is 5.46. The summed E-state index contributed by atoms with van der Waals surface area (Å²) in [6, 6.07) is -0.0688. The molecule has 1 aliphatic heterocycles. The quantitative estimate of drug-likeness (QED) is 0.894. The number of H-pyrrole nitrogens is 1. The minimum Gasteiger partial charge on any atom is -0.477 e. The van der Waals surface area contributed by atoms with Crippen molar-refractivity contribution in [3.63, 3.8) is 0 Å². The van der Waals surface area contributed by atoms with Crippen LogP contribution < -0.4 is 0 Å². The van der Waals surface area contributed by atoms with Crippen molar-refractivity contribution in [1.29, 1.82) is 0 Å². The van der Waals surface area contributed by atoms with Crippen molar-refractivity contribution in [2.75, 3.05) is 6.54 Å². The van der Waals surface area contributed by atoms with Crippen LogP contribution in [0.1, 0.15) is 48.4 Å².